The molecule has 0 N–H and O–H groups in total. The highest BCUT2D eigenvalue weighted by Gasteiger charge is 2.37. The van der Waals surface area contributed by atoms with Gasteiger partial charge >= 0.3 is 0 Å². The molecule has 1 atom stereocenters. The molecule has 6 heteroatoms. The molecule has 0 saturated carbocycles. The number of aromatic nitrogens is 1. The zero-order valence-corrected chi connectivity index (χ0v) is 14.6. The molecule has 4 nitrogen and oxygen atoms in total. The molecule has 0 spiro atoms. The van der Waals surface area contributed by atoms with Crippen LogP contribution in [0.2, 0.25) is 0 Å². The maximum atomic E-state index is 12.9. The average molecular weight is 381 g/mol. The lowest BCUT2D eigenvalue weighted by atomic mass is 10.1. The van der Waals surface area contributed by atoms with Gasteiger partial charge in [0.2, 0.25) is 10.0 Å². The quantitative estimate of drug-likeness (QED) is 0.763. The van der Waals surface area contributed by atoms with Crippen molar-refractivity contribution in [2.75, 3.05) is 6.54 Å². The first-order chi connectivity index (χ1) is 10.5. The third kappa shape index (κ3) is 2.83. The van der Waals surface area contributed by atoms with Crippen molar-refractivity contribution in [1.82, 2.24) is 9.29 Å². The lowest BCUT2D eigenvalue weighted by Crippen LogP contribution is -2.31. The molecule has 2 heterocycles. The molecule has 1 aromatic heterocycles. The molecule has 22 heavy (non-hydrogen) atoms. The Morgan fingerprint density at radius 3 is 2.64 bits per heavy atom. The van der Waals surface area contributed by atoms with Crippen LogP contribution in [0.3, 0.4) is 0 Å². The van der Waals surface area contributed by atoms with E-state index in [1.54, 1.807) is 22.6 Å². The largest absolute Gasteiger partial charge is 0.249 e. The minimum absolute atomic E-state index is 0.158. The highest BCUT2D eigenvalue weighted by Crippen LogP contribution is 2.38. The van der Waals surface area contributed by atoms with Crippen molar-refractivity contribution >= 4 is 26.0 Å². The fraction of sp³-hybridized carbons (Fsp3) is 0.312. The fourth-order valence-electron chi connectivity index (χ4n) is 2.83. The molecule has 1 aliphatic heterocycles. The van der Waals surface area contributed by atoms with E-state index in [1.165, 1.54) is 0 Å². The summed E-state index contributed by atoms with van der Waals surface area (Å²) in [6.45, 7) is 2.49. The normalized spacial score (nSPS) is 19.5. The first kappa shape index (κ1) is 15.6. The second-order valence-electron chi connectivity index (χ2n) is 5.47. The van der Waals surface area contributed by atoms with Gasteiger partial charge in [-0.1, -0.05) is 23.8 Å². The van der Waals surface area contributed by atoms with Gasteiger partial charge in [0.25, 0.3) is 0 Å². The summed E-state index contributed by atoms with van der Waals surface area (Å²) < 4.78 is 28.2. The predicted molar refractivity (Wildman–Crippen MR) is 89.0 cm³/mol. The van der Waals surface area contributed by atoms with Crippen LogP contribution < -0.4 is 0 Å². The van der Waals surface area contributed by atoms with Crippen LogP contribution in [-0.4, -0.2) is 24.3 Å². The van der Waals surface area contributed by atoms with E-state index in [2.05, 4.69) is 20.9 Å². The monoisotopic (exact) mass is 380 g/mol. The minimum atomic E-state index is -3.48. The number of hydrogen-bond acceptors (Lipinski definition) is 3. The number of halogens is 1. The topological polar surface area (TPSA) is 50.3 Å². The van der Waals surface area contributed by atoms with E-state index in [-0.39, 0.29) is 6.04 Å². The van der Waals surface area contributed by atoms with Crippen LogP contribution in [-0.2, 0) is 10.0 Å². The Balaban J connectivity index is 1.99. The molecule has 116 valence electrons. The molecule has 0 radical (unpaired) electrons. The van der Waals surface area contributed by atoms with Crippen molar-refractivity contribution < 1.29 is 8.42 Å². The minimum Gasteiger partial charge on any atom is -0.249 e. The van der Waals surface area contributed by atoms with Gasteiger partial charge in [0, 0.05) is 18.3 Å². The van der Waals surface area contributed by atoms with Gasteiger partial charge in [-0.25, -0.2) is 13.4 Å². The van der Waals surface area contributed by atoms with Crippen LogP contribution in [0.15, 0.2) is 52.1 Å². The van der Waals surface area contributed by atoms with E-state index in [0.717, 1.165) is 24.0 Å². The summed E-state index contributed by atoms with van der Waals surface area (Å²) in [6, 6.07) is 10.6. The Morgan fingerprint density at radius 2 is 1.95 bits per heavy atom. The zero-order valence-electron chi connectivity index (χ0n) is 12.2. The van der Waals surface area contributed by atoms with Gasteiger partial charge in [0.1, 0.15) is 4.60 Å². The number of hydrogen-bond donors (Lipinski definition) is 0. The highest BCUT2D eigenvalue weighted by molar-refractivity contribution is 9.10. The van der Waals surface area contributed by atoms with Crippen molar-refractivity contribution in [2.24, 2.45) is 0 Å². The van der Waals surface area contributed by atoms with Crippen molar-refractivity contribution in [3.63, 3.8) is 0 Å². The van der Waals surface area contributed by atoms with E-state index in [1.807, 2.05) is 31.2 Å². The lowest BCUT2D eigenvalue weighted by Gasteiger charge is -2.25. The molecule has 0 bridgehead atoms. The van der Waals surface area contributed by atoms with Crippen LogP contribution in [0, 0.1) is 6.92 Å². The van der Waals surface area contributed by atoms with Crippen LogP contribution >= 0.6 is 15.9 Å². The summed E-state index contributed by atoms with van der Waals surface area (Å²) in [6.07, 6.45) is 3.37. The Kier molecular flexibility index (Phi) is 4.34. The average Bonchev–Trinajstić information content (AvgIpc) is 2.98. The first-order valence-corrected chi connectivity index (χ1v) is 9.42. The van der Waals surface area contributed by atoms with Crippen LogP contribution in [0.5, 0.6) is 0 Å². The van der Waals surface area contributed by atoms with E-state index < -0.39 is 10.0 Å². The van der Waals surface area contributed by atoms with Crippen LogP contribution in [0.25, 0.3) is 0 Å². The van der Waals surface area contributed by atoms with Crippen molar-refractivity contribution in [3.05, 3.63) is 58.3 Å². The summed E-state index contributed by atoms with van der Waals surface area (Å²) in [5, 5.41) is 0. The van der Waals surface area contributed by atoms with Gasteiger partial charge in [-0.3, -0.25) is 0 Å². The maximum absolute atomic E-state index is 12.9. The van der Waals surface area contributed by atoms with E-state index >= 15 is 0 Å². The molecule has 3 rings (SSSR count). The summed E-state index contributed by atoms with van der Waals surface area (Å²) in [5.74, 6) is 0. The second-order valence-corrected chi connectivity index (χ2v) is 8.11. The SMILES string of the molecule is Cc1ccc(S(=O)(=O)N2CCC[C@H]2c2cccnc2Br)cc1. The first-order valence-electron chi connectivity index (χ1n) is 7.19. The van der Waals surface area contributed by atoms with Crippen molar-refractivity contribution in [2.45, 2.75) is 30.7 Å². The van der Waals surface area contributed by atoms with E-state index in [0.29, 0.717) is 16.0 Å². The summed E-state index contributed by atoms with van der Waals surface area (Å²) in [4.78, 5) is 4.57. The summed E-state index contributed by atoms with van der Waals surface area (Å²) in [7, 11) is -3.48. The molecule has 1 aliphatic rings. The van der Waals surface area contributed by atoms with Gasteiger partial charge in [0.05, 0.1) is 10.9 Å². The molecule has 2 aromatic rings. The van der Waals surface area contributed by atoms with Crippen molar-refractivity contribution in [1.29, 1.82) is 0 Å². The summed E-state index contributed by atoms with van der Waals surface area (Å²) in [5.41, 5.74) is 1.97. The fourth-order valence-corrected chi connectivity index (χ4v) is 5.02. The molecule has 0 unspecified atom stereocenters. The Labute approximate surface area is 139 Å². The highest BCUT2D eigenvalue weighted by atomic mass is 79.9. The Bertz CT molecular complexity index is 775. The number of sulfonamides is 1. The number of nitrogens with zero attached hydrogens (tertiary/aromatic N) is 2. The third-order valence-electron chi connectivity index (χ3n) is 3.98. The van der Waals surface area contributed by atoms with E-state index in [4.69, 9.17) is 0 Å². The van der Waals surface area contributed by atoms with E-state index in [9.17, 15) is 8.42 Å². The standard InChI is InChI=1S/C16H17BrN2O2S/c1-12-6-8-13(9-7-12)22(20,21)19-11-3-5-15(19)14-4-2-10-18-16(14)17/h2,4,6-10,15H,3,5,11H2,1H3/t15-/m0/s1. The maximum Gasteiger partial charge on any atom is 0.243 e. The van der Waals surface area contributed by atoms with Gasteiger partial charge in [-0.05, 0) is 53.9 Å². The van der Waals surface area contributed by atoms with Crippen LogP contribution in [0.1, 0.15) is 30.0 Å². The number of pyridine rings is 1. The number of rotatable bonds is 3. The van der Waals surface area contributed by atoms with Gasteiger partial charge in [0.15, 0.2) is 0 Å². The molecule has 1 fully saturated rings. The van der Waals surface area contributed by atoms with Gasteiger partial charge < -0.3 is 0 Å². The molecule has 1 saturated heterocycles. The zero-order chi connectivity index (χ0) is 15.7. The summed E-state index contributed by atoms with van der Waals surface area (Å²) >= 11 is 3.43. The van der Waals surface area contributed by atoms with Gasteiger partial charge in [-0.15, -0.1) is 0 Å². The smallest absolute Gasteiger partial charge is 0.243 e. The molecule has 0 amide bonds. The number of aryl methyl sites for hydroxylation is 1. The van der Waals surface area contributed by atoms with Crippen LogP contribution in [0.4, 0.5) is 0 Å². The molecular weight excluding hydrogens is 364 g/mol. The number of benzene rings is 1. The third-order valence-corrected chi connectivity index (χ3v) is 6.56. The Hall–Kier alpha value is -1.24. The molecular formula is C16H17BrN2O2S. The van der Waals surface area contributed by atoms with Gasteiger partial charge in [-0.2, -0.15) is 4.31 Å². The predicted octanol–water partition coefficient (Wildman–Crippen LogP) is 3.68. The molecule has 0 aliphatic carbocycles. The molecule has 1 aromatic carbocycles. The second kappa shape index (κ2) is 6.10. The lowest BCUT2D eigenvalue weighted by molar-refractivity contribution is 0.395. The van der Waals surface area contributed by atoms with Crippen molar-refractivity contribution in [3.8, 4) is 0 Å². The Morgan fingerprint density at radius 1 is 1.23 bits per heavy atom.